The number of piperidine rings is 1. The zero-order valence-electron chi connectivity index (χ0n) is 26.9. The number of hydrogen-bond donors (Lipinski definition) is 3. The van der Waals surface area contributed by atoms with E-state index < -0.39 is 12.1 Å². The predicted molar refractivity (Wildman–Crippen MR) is 171 cm³/mol. The molecule has 1 aromatic rings. The van der Waals surface area contributed by atoms with Crippen molar-refractivity contribution in [2.45, 2.75) is 128 Å². The van der Waals surface area contributed by atoms with Gasteiger partial charge in [-0.05, 0) is 68.6 Å². The van der Waals surface area contributed by atoms with Gasteiger partial charge in [0.2, 0.25) is 17.7 Å². The lowest BCUT2D eigenvalue weighted by molar-refractivity contribution is -0.135. The first-order valence-electron chi connectivity index (χ1n) is 16.9. The molecule has 2 saturated heterocycles. The maximum absolute atomic E-state index is 14.0. The molecular weight excluding hydrogens is 556 g/mol. The Bertz CT molecular complexity index is 1160. The van der Waals surface area contributed by atoms with Crippen LogP contribution in [0.4, 0.5) is 0 Å². The summed E-state index contributed by atoms with van der Waals surface area (Å²) >= 11 is 0. The van der Waals surface area contributed by atoms with Crippen molar-refractivity contribution in [3.05, 3.63) is 41.6 Å². The van der Waals surface area contributed by atoms with Crippen LogP contribution in [0.25, 0.3) is 0 Å². The van der Waals surface area contributed by atoms with Gasteiger partial charge in [-0.3, -0.25) is 19.2 Å². The lowest BCUT2D eigenvalue weighted by atomic mass is 9.90. The minimum Gasteiger partial charge on any atom is -0.494 e. The molecule has 9 nitrogen and oxygen atoms in total. The predicted octanol–water partition coefficient (Wildman–Crippen LogP) is 4.80. The van der Waals surface area contributed by atoms with Gasteiger partial charge < -0.3 is 25.6 Å². The van der Waals surface area contributed by atoms with Crippen LogP contribution in [0.1, 0.15) is 104 Å². The number of para-hydroxylation sites is 1. The van der Waals surface area contributed by atoms with Gasteiger partial charge in [-0.15, -0.1) is 0 Å². The maximum Gasteiger partial charge on any atom is 0.243 e. The minimum atomic E-state index is -0.818. The molecule has 1 aliphatic carbocycles. The van der Waals surface area contributed by atoms with Crippen molar-refractivity contribution in [3.8, 4) is 5.75 Å². The summed E-state index contributed by atoms with van der Waals surface area (Å²) in [6, 6.07) is 7.23. The topological polar surface area (TPSA) is 117 Å². The standard InChI is InChI=1S/C35H52N4O5/c1-4-24(3)31-32(25-19-20-25)39-22-13-12-18-30(39)35(43)37-28(17-11-6-8-14-26(40)5-2)33(41)36-29(34(42)38-31)21-23-44-27-15-9-7-10-16-27/h7,9-10,15-16,24,28-31H,4-6,8,11-14,17-23H2,1-3H3,(H,36,41)(H,37,43)(H,38,42)/t24?,28?,29?,30-,31+/m1/s1. The van der Waals surface area contributed by atoms with Crippen LogP contribution in [0.5, 0.6) is 5.75 Å². The zero-order valence-corrected chi connectivity index (χ0v) is 26.9. The summed E-state index contributed by atoms with van der Waals surface area (Å²) < 4.78 is 5.92. The molecule has 1 saturated carbocycles. The Kier molecular flexibility index (Phi) is 12.7. The van der Waals surface area contributed by atoms with Crippen LogP contribution >= 0.6 is 0 Å². The number of nitrogens with zero attached hydrogens (tertiary/aromatic N) is 1. The third-order valence-corrected chi connectivity index (χ3v) is 9.31. The fourth-order valence-electron chi connectivity index (χ4n) is 6.30. The fraction of sp³-hybridized carbons (Fsp3) is 0.657. The molecule has 1 aromatic carbocycles. The largest absolute Gasteiger partial charge is 0.494 e. The number of carbonyl (C=O) groups excluding carboxylic acids is 4. The van der Waals surface area contributed by atoms with E-state index in [9.17, 15) is 19.2 Å². The Labute approximate surface area is 262 Å². The number of rotatable bonds is 13. The molecule has 0 aromatic heterocycles. The molecule has 3 aliphatic rings. The Hall–Kier alpha value is -3.36. The van der Waals surface area contributed by atoms with Gasteiger partial charge in [-0.1, -0.05) is 58.2 Å². The maximum atomic E-state index is 14.0. The second kappa shape index (κ2) is 16.6. The summed E-state index contributed by atoms with van der Waals surface area (Å²) in [4.78, 5) is 55.7. The highest BCUT2D eigenvalue weighted by Crippen LogP contribution is 2.39. The van der Waals surface area contributed by atoms with E-state index in [1.54, 1.807) is 0 Å². The van der Waals surface area contributed by atoms with Crippen LogP contribution in [0.2, 0.25) is 0 Å². The van der Waals surface area contributed by atoms with Crippen molar-refractivity contribution in [2.24, 2.45) is 5.92 Å². The van der Waals surface area contributed by atoms with Gasteiger partial charge in [-0.2, -0.15) is 0 Å². The van der Waals surface area contributed by atoms with Gasteiger partial charge in [-0.25, -0.2) is 0 Å². The lowest BCUT2D eigenvalue weighted by Crippen LogP contribution is -2.61. The molecule has 0 spiro atoms. The van der Waals surface area contributed by atoms with Gasteiger partial charge in [0.1, 0.15) is 29.7 Å². The summed E-state index contributed by atoms with van der Waals surface area (Å²) in [7, 11) is 0. The number of carbonyl (C=O) groups is 4. The van der Waals surface area contributed by atoms with Crippen molar-refractivity contribution in [2.75, 3.05) is 13.2 Å². The monoisotopic (exact) mass is 608 g/mol. The second-order valence-electron chi connectivity index (χ2n) is 12.6. The summed E-state index contributed by atoms with van der Waals surface area (Å²) in [6.45, 7) is 7.15. The summed E-state index contributed by atoms with van der Waals surface area (Å²) in [5.41, 5.74) is 2.43. The smallest absolute Gasteiger partial charge is 0.243 e. The molecule has 0 bridgehead atoms. The van der Waals surface area contributed by atoms with Gasteiger partial charge in [0, 0.05) is 31.5 Å². The van der Waals surface area contributed by atoms with Gasteiger partial charge in [0.15, 0.2) is 0 Å². The second-order valence-corrected chi connectivity index (χ2v) is 12.6. The third kappa shape index (κ3) is 9.32. The number of fused-ring (bicyclic) bond motifs is 1. The molecule has 9 heteroatoms. The summed E-state index contributed by atoms with van der Waals surface area (Å²) in [5, 5.41) is 9.44. The van der Waals surface area contributed by atoms with Crippen LogP contribution in [-0.2, 0) is 19.2 Å². The molecule has 2 heterocycles. The van der Waals surface area contributed by atoms with Crippen LogP contribution in [-0.4, -0.2) is 65.7 Å². The van der Waals surface area contributed by atoms with E-state index in [4.69, 9.17) is 4.74 Å². The van der Waals surface area contributed by atoms with Crippen molar-refractivity contribution in [1.82, 2.24) is 20.9 Å². The number of allylic oxidation sites excluding steroid dienone is 1. The van der Waals surface area contributed by atoms with Gasteiger partial charge >= 0.3 is 0 Å². The van der Waals surface area contributed by atoms with E-state index in [0.717, 1.165) is 63.6 Å². The molecule has 3 N–H and O–H groups in total. The highest BCUT2D eigenvalue weighted by atomic mass is 16.5. The first-order valence-corrected chi connectivity index (χ1v) is 16.9. The SMILES string of the molecule is CCC(=O)CCCCCC1NC(=O)[C@H]2CCCCN2C(=C2CC2)[C@H](C(C)CC)NC(=O)C(CCOc2ccccc2)NC1=O. The Balaban J connectivity index is 1.59. The number of hydrogen-bond acceptors (Lipinski definition) is 6. The van der Waals surface area contributed by atoms with Crippen molar-refractivity contribution >= 4 is 23.5 Å². The molecular formula is C35H52N4O5. The van der Waals surface area contributed by atoms with Crippen molar-refractivity contribution in [1.29, 1.82) is 0 Å². The molecule has 44 heavy (non-hydrogen) atoms. The number of amides is 3. The number of nitrogens with one attached hydrogen (secondary N) is 3. The Morgan fingerprint density at radius 2 is 1.61 bits per heavy atom. The van der Waals surface area contributed by atoms with Crippen molar-refractivity contribution < 1.29 is 23.9 Å². The van der Waals surface area contributed by atoms with Gasteiger partial charge in [0.25, 0.3) is 0 Å². The molecule has 5 atom stereocenters. The van der Waals surface area contributed by atoms with E-state index >= 15 is 0 Å². The molecule has 0 radical (unpaired) electrons. The highest BCUT2D eigenvalue weighted by Gasteiger charge is 2.41. The van der Waals surface area contributed by atoms with Crippen LogP contribution in [0, 0.1) is 5.92 Å². The minimum absolute atomic E-state index is 0.122. The Morgan fingerprint density at radius 3 is 2.32 bits per heavy atom. The van der Waals surface area contributed by atoms with E-state index in [0.29, 0.717) is 31.4 Å². The molecule has 242 valence electrons. The molecule has 2 aliphatic heterocycles. The lowest BCUT2D eigenvalue weighted by Gasteiger charge is -2.43. The molecule has 4 rings (SSSR count). The molecule has 3 amide bonds. The van der Waals surface area contributed by atoms with E-state index in [-0.39, 0.29) is 54.5 Å². The normalized spacial score (nSPS) is 25.1. The number of unbranched alkanes of at least 4 members (excludes halogenated alkanes) is 2. The molecule has 3 unspecified atom stereocenters. The van der Waals surface area contributed by atoms with Gasteiger partial charge in [0.05, 0.1) is 12.6 Å². The summed E-state index contributed by atoms with van der Waals surface area (Å²) in [6.07, 6.45) is 9.55. The first kappa shape index (κ1) is 33.5. The highest BCUT2D eigenvalue weighted by molar-refractivity contribution is 5.93. The fourth-order valence-corrected chi connectivity index (χ4v) is 6.30. The Morgan fingerprint density at radius 1 is 0.909 bits per heavy atom. The van der Waals surface area contributed by atoms with Crippen molar-refractivity contribution in [3.63, 3.8) is 0 Å². The quantitative estimate of drug-likeness (QED) is 0.277. The van der Waals surface area contributed by atoms with E-state index in [1.165, 1.54) is 5.57 Å². The summed E-state index contributed by atoms with van der Waals surface area (Å²) in [5.74, 6) is 0.391. The third-order valence-electron chi connectivity index (χ3n) is 9.31. The zero-order chi connectivity index (χ0) is 31.5. The van der Waals surface area contributed by atoms with E-state index in [1.807, 2.05) is 37.3 Å². The van der Waals surface area contributed by atoms with Crippen LogP contribution < -0.4 is 20.7 Å². The average Bonchev–Trinajstić information content (AvgIpc) is 3.88. The first-order chi connectivity index (χ1) is 21.3. The number of benzene rings is 1. The number of Topliss-reactive ketones (excluding diaryl/α,β-unsaturated/α-hetero) is 1. The average molecular weight is 609 g/mol. The van der Waals surface area contributed by atoms with Crippen LogP contribution in [0.15, 0.2) is 41.6 Å². The number of ether oxygens (including phenoxy) is 1. The van der Waals surface area contributed by atoms with E-state index in [2.05, 4.69) is 34.7 Å². The molecule has 3 fully saturated rings. The number of ketones is 1. The van der Waals surface area contributed by atoms with Crippen LogP contribution in [0.3, 0.4) is 0 Å².